The second-order valence-corrected chi connectivity index (χ2v) is 5.58. The zero-order chi connectivity index (χ0) is 11.2. The van der Waals surface area contributed by atoms with Crippen LogP contribution >= 0.6 is 24.2 Å². The molecular formula is C11H21ClN2O2S. The fourth-order valence-electron chi connectivity index (χ4n) is 2.09. The van der Waals surface area contributed by atoms with Gasteiger partial charge in [-0.15, -0.1) is 12.4 Å². The van der Waals surface area contributed by atoms with Crippen LogP contribution in [-0.2, 0) is 9.53 Å². The lowest BCUT2D eigenvalue weighted by Crippen LogP contribution is -2.44. The summed E-state index contributed by atoms with van der Waals surface area (Å²) in [4.78, 5) is 11.8. The van der Waals surface area contributed by atoms with Gasteiger partial charge in [0, 0.05) is 19.1 Å². The molecule has 0 aliphatic carbocycles. The van der Waals surface area contributed by atoms with Crippen LogP contribution in [0.3, 0.4) is 0 Å². The first-order chi connectivity index (χ1) is 7.84. The first-order valence-corrected chi connectivity index (χ1v) is 7.19. The van der Waals surface area contributed by atoms with Crippen molar-refractivity contribution < 1.29 is 9.53 Å². The van der Waals surface area contributed by atoms with Crippen molar-refractivity contribution in [3.05, 3.63) is 0 Å². The molecule has 2 N–H and O–H groups in total. The molecule has 100 valence electrons. The van der Waals surface area contributed by atoms with Crippen LogP contribution < -0.4 is 10.6 Å². The molecule has 1 amide bonds. The highest BCUT2D eigenvalue weighted by atomic mass is 35.5. The van der Waals surface area contributed by atoms with E-state index in [1.807, 2.05) is 11.8 Å². The van der Waals surface area contributed by atoms with Gasteiger partial charge in [-0.3, -0.25) is 4.79 Å². The molecule has 6 heteroatoms. The fraction of sp³-hybridized carbons (Fsp3) is 0.909. The Morgan fingerprint density at radius 1 is 1.41 bits per heavy atom. The topological polar surface area (TPSA) is 50.4 Å². The number of ether oxygens (including phenoxy) is 1. The van der Waals surface area contributed by atoms with E-state index >= 15 is 0 Å². The van der Waals surface area contributed by atoms with E-state index in [4.69, 9.17) is 4.74 Å². The predicted molar refractivity (Wildman–Crippen MR) is 73.0 cm³/mol. The fourth-order valence-corrected chi connectivity index (χ4v) is 3.19. The van der Waals surface area contributed by atoms with Crippen molar-refractivity contribution in [1.29, 1.82) is 0 Å². The van der Waals surface area contributed by atoms with Crippen LogP contribution in [0.1, 0.15) is 19.3 Å². The van der Waals surface area contributed by atoms with Gasteiger partial charge in [-0.2, -0.15) is 11.8 Å². The number of carbonyl (C=O) groups excluding carboxylic acids is 1. The molecule has 2 saturated heterocycles. The molecule has 0 radical (unpaired) electrons. The van der Waals surface area contributed by atoms with E-state index < -0.39 is 0 Å². The van der Waals surface area contributed by atoms with Crippen LogP contribution in [0.4, 0.5) is 0 Å². The zero-order valence-corrected chi connectivity index (χ0v) is 11.6. The summed E-state index contributed by atoms with van der Waals surface area (Å²) in [6.45, 7) is 2.42. The number of nitrogens with one attached hydrogen (secondary N) is 2. The van der Waals surface area contributed by atoms with Crippen LogP contribution in [0.15, 0.2) is 0 Å². The molecule has 1 atom stereocenters. The van der Waals surface area contributed by atoms with Gasteiger partial charge in [0.15, 0.2) is 0 Å². The normalized spacial score (nSPS) is 26.0. The van der Waals surface area contributed by atoms with E-state index in [0.717, 1.165) is 32.5 Å². The maximum Gasteiger partial charge on any atom is 0.222 e. The Morgan fingerprint density at radius 3 is 2.82 bits per heavy atom. The molecule has 2 fully saturated rings. The lowest BCUT2D eigenvalue weighted by Gasteiger charge is -2.26. The lowest BCUT2D eigenvalue weighted by atomic mass is 10.1. The smallest absolute Gasteiger partial charge is 0.222 e. The molecule has 0 spiro atoms. The average molecular weight is 281 g/mol. The van der Waals surface area contributed by atoms with Crippen molar-refractivity contribution in [2.75, 3.05) is 31.2 Å². The number of morpholine rings is 1. The van der Waals surface area contributed by atoms with E-state index in [-0.39, 0.29) is 24.4 Å². The third-order valence-electron chi connectivity index (χ3n) is 3.00. The van der Waals surface area contributed by atoms with Gasteiger partial charge >= 0.3 is 0 Å². The summed E-state index contributed by atoms with van der Waals surface area (Å²) in [5.74, 6) is 2.49. The first kappa shape index (κ1) is 15.1. The van der Waals surface area contributed by atoms with Gasteiger partial charge in [0.25, 0.3) is 0 Å². The number of rotatable bonds is 3. The molecule has 2 heterocycles. The largest absolute Gasteiger partial charge is 0.375 e. The molecule has 4 nitrogen and oxygen atoms in total. The van der Waals surface area contributed by atoms with Gasteiger partial charge < -0.3 is 15.4 Å². The Balaban J connectivity index is 0.00000144. The third-order valence-corrected chi connectivity index (χ3v) is 4.05. The lowest BCUT2D eigenvalue weighted by molar-refractivity contribution is -0.125. The van der Waals surface area contributed by atoms with Crippen LogP contribution in [0.25, 0.3) is 0 Å². The van der Waals surface area contributed by atoms with Gasteiger partial charge in [0.1, 0.15) is 0 Å². The van der Waals surface area contributed by atoms with E-state index in [0.29, 0.717) is 12.5 Å². The highest BCUT2D eigenvalue weighted by molar-refractivity contribution is 7.99. The molecule has 0 aromatic heterocycles. The molecule has 17 heavy (non-hydrogen) atoms. The van der Waals surface area contributed by atoms with Crippen molar-refractivity contribution in [2.45, 2.75) is 31.4 Å². The molecule has 0 aromatic rings. The van der Waals surface area contributed by atoms with Crippen LogP contribution in [0, 0.1) is 0 Å². The summed E-state index contributed by atoms with van der Waals surface area (Å²) in [6, 6.07) is 0.394. The predicted octanol–water partition coefficient (Wildman–Crippen LogP) is 0.798. The summed E-state index contributed by atoms with van der Waals surface area (Å²) in [5, 5.41) is 6.34. The summed E-state index contributed by atoms with van der Waals surface area (Å²) < 4.78 is 5.51. The second kappa shape index (κ2) is 8.19. The van der Waals surface area contributed by atoms with Gasteiger partial charge in [-0.25, -0.2) is 0 Å². The maximum absolute atomic E-state index is 11.8. The number of thioether (sulfide) groups is 1. The summed E-state index contributed by atoms with van der Waals surface area (Å²) >= 11 is 1.98. The third kappa shape index (κ3) is 5.46. The monoisotopic (exact) mass is 280 g/mol. The Bertz CT molecular complexity index is 210. The van der Waals surface area contributed by atoms with E-state index in [1.165, 1.54) is 11.5 Å². The Hall–Kier alpha value is 0.0300. The number of amides is 1. The molecule has 2 rings (SSSR count). The summed E-state index contributed by atoms with van der Waals surface area (Å²) in [7, 11) is 0. The minimum Gasteiger partial charge on any atom is -0.375 e. The van der Waals surface area contributed by atoms with Crippen molar-refractivity contribution in [2.24, 2.45) is 0 Å². The summed E-state index contributed by atoms with van der Waals surface area (Å²) in [6.07, 6.45) is 2.78. The molecule has 2 aliphatic heterocycles. The highest BCUT2D eigenvalue weighted by Crippen LogP contribution is 2.17. The molecular weight excluding hydrogens is 260 g/mol. The maximum atomic E-state index is 11.8. The molecule has 1 unspecified atom stereocenters. The molecule has 0 saturated carbocycles. The van der Waals surface area contributed by atoms with Crippen LogP contribution in [-0.4, -0.2) is 49.3 Å². The number of carbonyl (C=O) groups is 1. The Labute approximate surface area is 113 Å². The van der Waals surface area contributed by atoms with Crippen molar-refractivity contribution in [3.63, 3.8) is 0 Å². The minimum absolute atomic E-state index is 0. The van der Waals surface area contributed by atoms with Gasteiger partial charge in [-0.1, -0.05) is 0 Å². The van der Waals surface area contributed by atoms with Gasteiger partial charge in [0.05, 0.1) is 19.1 Å². The first-order valence-electron chi connectivity index (χ1n) is 6.04. The van der Waals surface area contributed by atoms with Crippen molar-refractivity contribution in [3.8, 4) is 0 Å². The Kier molecular flexibility index (Phi) is 7.27. The van der Waals surface area contributed by atoms with E-state index in [9.17, 15) is 4.79 Å². The Morgan fingerprint density at radius 2 is 2.18 bits per heavy atom. The zero-order valence-electron chi connectivity index (χ0n) is 9.94. The average Bonchev–Trinajstić information content (AvgIpc) is 2.31. The molecule has 0 bridgehead atoms. The molecule has 2 aliphatic rings. The second-order valence-electron chi connectivity index (χ2n) is 4.36. The van der Waals surface area contributed by atoms with E-state index in [2.05, 4.69) is 10.6 Å². The number of hydrogen-bond donors (Lipinski definition) is 2. The minimum atomic E-state index is 0. The summed E-state index contributed by atoms with van der Waals surface area (Å²) in [5.41, 5.74) is 0. The van der Waals surface area contributed by atoms with Crippen molar-refractivity contribution in [1.82, 2.24) is 10.6 Å². The SMILES string of the molecule is Cl.O=C(CC1CNCCO1)NC1CCSCC1. The standard InChI is InChI=1S/C11H20N2O2S.ClH/c14-11(7-10-8-12-3-4-15-10)13-9-1-5-16-6-2-9;/h9-10,12H,1-8H2,(H,13,14);1H. The van der Waals surface area contributed by atoms with Gasteiger partial charge in [0.2, 0.25) is 5.91 Å². The highest BCUT2D eigenvalue weighted by Gasteiger charge is 2.20. The van der Waals surface area contributed by atoms with Gasteiger partial charge in [-0.05, 0) is 24.3 Å². The van der Waals surface area contributed by atoms with Crippen LogP contribution in [0.2, 0.25) is 0 Å². The number of halogens is 1. The number of hydrogen-bond acceptors (Lipinski definition) is 4. The van der Waals surface area contributed by atoms with Crippen LogP contribution in [0.5, 0.6) is 0 Å². The quantitative estimate of drug-likeness (QED) is 0.803. The van der Waals surface area contributed by atoms with E-state index in [1.54, 1.807) is 0 Å². The van der Waals surface area contributed by atoms with Crippen molar-refractivity contribution >= 4 is 30.1 Å². The molecule has 0 aromatic carbocycles.